The van der Waals surface area contributed by atoms with Crippen LogP contribution in [0.3, 0.4) is 0 Å². The van der Waals surface area contributed by atoms with Crippen molar-refractivity contribution < 1.29 is 4.79 Å². The number of hydrogen-bond acceptors (Lipinski definition) is 3. The fraction of sp³-hybridized carbons (Fsp3) is 0.647. The molecule has 1 amide bonds. The Hall–Kier alpha value is -1.33. The van der Waals surface area contributed by atoms with Gasteiger partial charge in [-0.1, -0.05) is 12.5 Å². The van der Waals surface area contributed by atoms with Crippen molar-refractivity contribution in [2.75, 3.05) is 19.6 Å². The van der Waals surface area contributed by atoms with Gasteiger partial charge in [0.15, 0.2) is 0 Å². The number of aromatic nitrogens is 1. The first-order valence-corrected chi connectivity index (χ1v) is 8.36. The first-order chi connectivity index (χ1) is 10.7. The summed E-state index contributed by atoms with van der Waals surface area (Å²) in [5.74, 6) is 0.993. The van der Waals surface area contributed by atoms with E-state index in [1.807, 2.05) is 21.6 Å². The third kappa shape index (κ3) is 3.96. The Kier molecular flexibility index (Phi) is 6.25. The maximum atomic E-state index is 12.4. The summed E-state index contributed by atoms with van der Waals surface area (Å²) in [6.45, 7) is 3.01. The van der Waals surface area contributed by atoms with Gasteiger partial charge in [0.2, 0.25) is 5.91 Å². The quantitative estimate of drug-likeness (QED) is 0.831. The van der Waals surface area contributed by atoms with Crippen molar-refractivity contribution in [2.45, 2.75) is 44.6 Å². The molecule has 1 aromatic heterocycles. The number of piperidine rings is 1. The molecule has 2 bridgehead atoms. The van der Waals surface area contributed by atoms with Gasteiger partial charge in [0.25, 0.3) is 5.56 Å². The molecule has 1 fully saturated rings. The lowest BCUT2D eigenvalue weighted by molar-refractivity contribution is -0.134. The molecule has 23 heavy (non-hydrogen) atoms. The number of carbonyl (C=O) groups excluding carboxylic acids is 1. The van der Waals surface area contributed by atoms with E-state index in [1.54, 1.807) is 6.07 Å². The number of fused-ring (bicyclic) bond motifs is 4. The van der Waals surface area contributed by atoms with Crippen LogP contribution in [0.5, 0.6) is 0 Å². The van der Waals surface area contributed by atoms with Crippen LogP contribution >= 0.6 is 12.4 Å². The smallest absolute Gasteiger partial charge is 0.250 e. The normalized spacial score (nSPS) is 22.2. The summed E-state index contributed by atoms with van der Waals surface area (Å²) in [7, 11) is 0. The highest BCUT2D eigenvalue weighted by Gasteiger charge is 2.35. The summed E-state index contributed by atoms with van der Waals surface area (Å²) in [5, 5.41) is 0. The number of carbonyl (C=O) groups is 1. The lowest BCUT2D eigenvalue weighted by Gasteiger charge is -2.42. The third-order valence-corrected chi connectivity index (χ3v) is 4.93. The Morgan fingerprint density at radius 2 is 2.00 bits per heavy atom. The highest BCUT2D eigenvalue weighted by molar-refractivity contribution is 5.85. The zero-order valence-electron chi connectivity index (χ0n) is 13.4. The van der Waals surface area contributed by atoms with E-state index in [2.05, 4.69) is 0 Å². The van der Waals surface area contributed by atoms with Crippen LogP contribution < -0.4 is 11.3 Å². The van der Waals surface area contributed by atoms with Gasteiger partial charge in [-0.25, -0.2) is 0 Å². The average molecular weight is 340 g/mol. The zero-order chi connectivity index (χ0) is 15.5. The molecule has 5 nitrogen and oxygen atoms in total. The molecule has 2 N–H and O–H groups in total. The molecule has 1 saturated heterocycles. The Morgan fingerprint density at radius 1 is 1.17 bits per heavy atom. The molecule has 0 radical (unpaired) electrons. The highest BCUT2D eigenvalue weighted by Crippen LogP contribution is 2.35. The van der Waals surface area contributed by atoms with Crippen LogP contribution in [-0.4, -0.2) is 35.0 Å². The predicted octanol–water partition coefficient (Wildman–Crippen LogP) is 1.73. The minimum atomic E-state index is 0. The van der Waals surface area contributed by atoms with Gasteiger partial charge >= 0.3 is 0 Å². The molecule has 0 aliphatic carbocycles. The second-order valence-corrected chi connectivity index (χ2v) is 6.60. The van der Waals surface area contributed by atoms with Crippen LogP contribution in [0.15, 0.2) is 23.0 Å². The van der Waals surface area contributed by atoms with Crippen LogP contribution in [0.2, 0.25) is 0 Å². The minimum absolute atomic E-state index is 0. The van der Waals surface area contributed by atoms with Crippen molar-refractivity contribution in [3.8, 4) is 0 Å². The maximum absolute atomic E-state index is 12.4. The summed E-state index contributed by atoms with van der Waals surface area (Å²) in [5.41, 5.74) is 6.68. The zero-order valence-corrected chi connectivity index (χ0v) is 14.3. The van der Waals surface area contributed by atoms with Gasteiger partial charge in [0, 0.05) is 43.7 Å². The minimum Gasteiger partial charge on any atom is -0.342 e. The van der Waals surface area contributed by atoms with Crippen molar-refractivity contribution in [2.24, 2.45) is 11.7 Å². The van der Waals surface area contributed by atoms with E-state index in [-0.39, 0.29) is 23.9 Å². The van der Waals surface area contributed by atoms with Crippen LogP contribution in [0.25, 0.3) is 0 Å². The molecule has 0 aromatic carbocycles. The second-order valence-electron chi connectivity index (χ2n) is 6.60. The molecule has 6 heteroatoms. The lowest BCUT2D eigenvalue weighted by Crippen LogP contribution is -2.49. The van der Waals surface area contributed by atoms with Gasteiger partial charge in [-0.15, -0.1) is 12.4 Å². The van der Waals surface area contributed by atoms with E-state index in [1.165, 1.54) is 0 Å². The van der Waals surface area contributed by atoms with Crippen LogP contribution in [0.4, 0.5) is 0 Å². The standard InChI is InChI=1S/C17H25N3O2.ClH/c18-8-3-1-2-6-16(21)19-10-13-9-14(12-19)15-5-4-7-17(22)20(15)11-13;/h4-5,7,13-14H,1-3,6,8-12,18H2;1H/t13-,14+;/m0./s1. The summed E-state index contributed by atoms with van der Waals surface area (Å²) in [6.07, 6.45) is 4.68. The number of halogens is 1. The largest absolute Gasteiger partial charge is 0.342 e. The van der Waals surface area contributed by atoms with E-state index in [0.717, 1.165) is 51.0 Å². The fourth-order valence-electron chi connectivity index (χ4n) is 3.86. The molecule has 0 unspecified atom stereocenters. The Labute approximate surface area is 143 Å². The van der Waals surface area contributed by atoms with E-state index < -0.39 is 0 Å². The fourth-order valence-corrected chi connectivity index (χ4v) is 3.86. The first-order valence-electron chi connectivity index (χ1n) is 8.36. The number of nitrogens with zero attached hydrogens (tertiary/aromatic N) is 2. The first kappa shape index (κ1) is 18.0. The van der Waals surface area contributed by atoms with Gasteiger partial charge in [-0.3, -0.25) is 9.59 Å². The third-order valence-electron chi connectivity index (χ3n) is 4.93. The highest BCUT2D eigenvalue weighted by atomic mass is 35.5. The van der Waals surface area contributed by atoms with Gasteiger partial charge in [0.05, 0.1) is 0 Å². The number of amides is 1. The summed E-state index contributed by atoms with van der Waals surface area (Å²) in [6, 6.07) is 5.50. The predicted molar refractivity (Wildman–Crippen MR) is 92.9 cm³/mol. The van der Waals surface area contributed by atoms with Crippen molar-refractivity contribution in [3.05, 3.63) is 34.2 Å². The number of likely N-dealkylation sites (tertiary alicyclic amines) is 1. The molecule has 128 valence electrons. The van der Waals surface area contributed by atoms with Crippen molar-refractivity contribution in [1.29, 1.82) is 0 Å². The van der Waals surface area contributed by atoms with Crippen LogP contribution in [-0.2, 0) is 11.3 Å². The van der Waals surface area contributed by atoms with Crippen LogP contribution in [0, 0.1) is 5.92 Å². The van der Waals surface area contributed by atoms with Crippen LogP contribution in [0.1, 0.15) is 43.7 Å². The van der Waals surface area contributed by atoms with Gasteiger partial charge in [0.1, 0.15) is 0 Å². The van der Waals surface area contributed by atoms with Crippen molar-refractivity contribution in [1.82, 2.24) is 9.47 Å². The van der Waals surface area contributed by atoms with E-state index in [0.29, 0.717) is 24.8 Å². The van der Waals surface area contributed by atoms with Gasteiger partial charge in [-0.2, -0.15) is 0 Å². The Balaban J connectivity index is 0.00000192. The van der Waals surface area contributed by atoms with E-state index >= 15 is 0 Å². The molecule has 3 heterocycles. The SMILES string of the molecule is Cl.NCCCCCC(=O)N1C[C@@H]2C[C@H](C1)c1cccc(=O)n1C2. The van der Waals surface area contributed by atoms with Crippen molar-refractivity contribution in [3.63, 3.8) is 0 Å². The summed E-state index contributed by atoms with van der Waals surface area (Å²) < 4.78 is 1.90. The molecule has 0 saturated carbocycles. The lowest BCUT2D eigenvalue weighted by atomic mass is 9.83. The number of hydrogen-bond donors (Lipinski definition) is 1. The van der Waals surface area contributed by atoms with Gasteiger partial charge in [-0.05, 0) is 37.8 Å². The molecular weight excluding hydrogens is 314 g/mol. The molecule has 2 aliphatic heterocycles. The summed E-state index contributed by atoms with van der Waals surface area (Å²) >= 11 is 0. The van der Waals surface area contributed by atoms with E-state index in [4.69, 9.17) is 5.73 Å². The molecule has 3 rings (SSSR count). The average Bonchev–Trinajstić information content (AvgIpc) is 2.52. The van der Waals surface area contributed by atoms with Crippen molar-refractivity contribution >= 4 is 18.3 Å². The summed E-state index contributed by atoms with van der Waals surface area (Å²) in [4.78, 5) is 26.4. The Morgan fingerprint density at radius 3 is 2.78 bits per heavy atom. The monoisotopic (exact) mass is 339 g/mol. The molecular formula is C17H26ClN3O2. The molecule has 2 atom stereocenters. The number of pyridine rings is 1. The number of unbranched alkanes of at least 4 members (excludes halogenated alkanes) is 2. The molecule has 2 aliphatic rings. The topological polar surface area (TPSA) is 68.3 Å². The second kappa shape index (κ2) is 7.97. The molecule has 1 aromatic rings. The maximum Gasteiger partial charge on any atom is 0.250 e. The Bertz CT molecular complexity index is 602. The van der Waals surface area contributed by atoms with Gasteiger partial charge < -0.3 is 15.2 Å². The van der Waals surface area contributed by atoms with E-state index in [9.17, 15) is 9.59 Å². The number of rotatable bonds is 5. The molecule has 0 spiro atoms. The number of nitrogens with two attached hydrogens (primary N) is 1.